The van der Waals surface area contributed by atoms with Gasteiger partial charge in [-0.2, -0.15) is 0 Å². The molecule has 0 radical (unpaired) electrons. The number of hydrogen-bond acceptors (Lipinski definition) is 5. The molecule has 0 unspecified atom stereocenters. The summed E-state index contributed by atoms with van der Waals surface area (Å²) in [5.74, 6) is -0.814. The number of benzene rings is 2. The summed E-state index contributed by atoms with van der Waals surface area (Å²) in [6.45, 7) is 1.77. The van der Waals surface area contributed by atoms with Crippen molar-refractivity contribution in [2.24, 2.45) is 0 Å². The fourth-order valence-corrected chi connectivity index (χ4v) is 5.93. The molecule has 0 bridgehead atoms. The van der Waals surface area contributed by atoms with Gasteiger partial charge in [-0.3, -0.25) is 9.59 Å². The molecule has 1 heterocycles. The van der Waals surface area contributed by atoms with Gasteiger partial charge in [0.25, 0.3) is 0 Å². The lowest BCUT2D eigenvalue weighted by Crippen LogP contribution is -2.25. The number of allylic oxidation sites excluding steroid dienone is 1. The highest BCUT2D eigenvalue weighted by atomic mass is 32.2. The fraction of sp³-hybridized carbons (Fsp3) is 0.429. The van der Waals surface area contributed by atoms with Gasteiger partial charge >= 0.3 is 5.97 Å². The highest BCUT2D eigenvalue weighted by molar-refractivity contribution is 7.95. The Morgan fingerprint density at radius 1 is 0.794 bits per heavy atom. The molecule has 3 rings (SSSR count). The second-order valence-electron chi connectivity index (χ2n) is 8.73. The number of sulfone groups is 1. The number of carbonyl (C=O) groups is 2. The van der Waals surface area contributed by atoms with Crippen LogP contribution in [-0.4, -0.2) is 26.8 Å². The zero-order valence-electron chi connectivity index (χ0n) is 19.9. The van der Waals surface area contributed by atoms with Gasteiger partial charge in [0.15, 0.2) is 5.78 Å². The zero-order valence-corrected chi connectivity index (χ0v) is 20.7. The molecule has 34 heavy (non-hydrogen) atoms. The van der Waals surface area contributed by atoms with Crippen molar-refractivity contribution in [1.29, 1.82) is 0 Å². The Balaban J connectivity index is 1.63. The smallest absolute Gasteiger partial charge is 0.306 e. The molecule has 0 aromatic heterocycles. The van der Waals surface area contributed by atoms with Crippen LogP contribution in [0.1, 0.15) is 87.1 Å². The van der Waals surface area contributed by atoms with Gasteiger partial charge in [0, 0.05) is 17.6 Å². The SMILES string of the molecule is CCCCCCCCCCCC(=O)OCC1=C(c2ccccc2)C(=O)c2ccccc2S1(=O)=O. The molecular weight excluding hydrogens is 448 g/mol. The number of ether oxygens (including phenoxy) is 1. The Morgan fingerprint density at radius 2 is 1.38 bits per heavy atom. The number of hydrogen-bond donors (Lipinski definition) is 0. The van der Waals surface area contributed by atoms with Crippen LogP contribution < -0.4 is 0 Å². The Kier molecular flexibility index (Phi) is 9.63. The monoisotopic (exact) mass is 482 g/mol. The highest BCUT2D eigenvalue weighted by Crippen LogP contribution is 2.37. The van der Waals surface area contributed by atoms with Crippen molar-refractivity contribution in [3.63, 3.8) is 0 Å². The molecule has 0 spiro atoms. The summed E-state index contributed by atoms with van der Waals surface area (Å²) in [6, 6.07) is 14.9. The second-order valence-corrected chi connectivity index (χ2v) is 10.7. The van der Waals surface area contributed by atoms with E-state index in [9.17, 15) is 18.0 Å². The van der Waals surface area contributed by atoms with Crippen LogP contribution in [0.25, 0.3) is 5.57 Å². The van der Waals surface area contributed by atoms with E-state index in [2.05, 4.69) is 6.92 Å². The van der Waals surface area contributed by atoms with Crippen LogP contribution >= 0.6 is 0 Å². The first kappa shape index (κ1) is 25.9. The fourth-order valence-electron chi connectivity index (χ4n) is 4.26. The maximum atomic E-state index is 13.4. The van der Waals surface area contributed by atoms with Gasteiger partial charge in [-0.1, -0.05) is 101 Å². The highest BCUT2D eigenvalue weighted by Gasteiger charge is 2.38. The largest absolute Gasteiger partial charge is 0.460 e. The standard InChI is InChI=1S/C28H34O5S/c1-2-3-4-5-6-7-8-9-13-20-26(29)33-21-25-27(22-16-11-10-12-17-22)28(30)23-18-14-15-19-24(23)34(25,31)32/h10-12,14-19H,2-9,13,20-21H2,1H3. The molecule has 5 nitrogen and oxygen atoms in total. The van der Waals surface area contributed by atoms with E-state index in [1.54, 1.807) is 42.5 Å². The Hall–Kier alpha value is -2.73. The predicted molar refractivity (Wildman–Crippen MR) is 134 cm³/mol. The first-order valence-electron chi connectivity index (χ1n) is 12.3. The minimum atomic E-state index is -3.97. The van der Waals surface area contributed by atoms with Crippen molar-refractivity contribution in [2.75, 3.05) is 6.61 Å². The molecule has 0 N–H and O–H groups in total. The zero-order chi connectivity index (χ0) is 24.4. The normalized spacial score (nSPS) is 14.7. The summed E-state index contributed by atoms with van der Waals surface area (Å²) >= 11 is 0. The molecule has 1 aliphatic rings. The summed E-state index contributed by atoms with van der Waals surface area (Å²) in [4.78, 5) is 25.4. The molecule has 0 saturated carbocycles. The third kappa shape index (κ3) is 6.44. The molecule has 0 saturated heterocycles. The van der Waals surface area contributed by atoms with Crippen molar-refractivity contribution in [2.45, 2.75) is 76.0 Å². The van der Waals surface area contributed by atoms with E-state index in [1.165, 1.54) is 50.7 Å². The third-order valence-corrected chi connectivity index (χ3v) is 8.07. The molecule has 182 valence electrons. The molecule has 0 amide bonds. The average Bonchev–Trinajstić information content (AvgIpc) is 2.85. The van der Waals surface area contributed by atoms with Gasteiger partial charge in [0.05, 0.1) is 9.80 Å². The number of ketones is 1. The summed E-state index contributed by atoms with van der Waals surface area (Å²) in [5, 5.41) is 0. The van der Waals surface area contributed by atoms with Gasteiger partial charge in [0.1, 0.15) is 6.61 Å². The van der Waals surface area contributed by atoms with E-state index in [0.29, 0.717) is 12.0 Å². The summed E-state index contributed by atoms with van der Waals surface area (Å²) in [7, 11) is -3.97. The quantitative estimate of drug-likeness (QED) is 0.239. The van der Waals surface area contributed by atoms with Gasteiger partial charge in [0.2, 0.25) is 9.84 Å². The molecule has 2 aromatic rings. The minimum absolute atomic E-state index is 0.0373. The van der Waals surface area contributed by atoms with Gasteiger partial charge < -0.3 is 4.74 Å². The first-order chi connectivity index (χ1) is 16.5. The maximum absolute atomic E-state index is 13.4. The van der Waals surface area contributed by atoms with Gasteiger partial charge in [-0.25, -0.2) is 8.42 Å². The van der Waals surface area contributed by atoms with Crippen LogP contribution in [0.3, 0.4) is 0 Å². The number of unbranched alkanes of at least 4 members (excludes halogenated alkanes) is 8. The number of fused-ring (bicyclic) bond motifs is 1. The first-order valence-corrected chi connectivity index (χ1v) is 13.8. The third-order valence-electron chi connectivity index (χ3n) is 6.16. The van der Waals surface area contributed by atoms with Crippen LogP contribution in [0.4, 0.5) is 0 Å². The maximum Gasteiger partial charge on any atom is 0.306 e. The molecule has 0 atom stereocenters. The summed E-state index contributed by atoms with van der Waals surface area (Å²) in [5.41, 5.74) is 0.719. The lowest BCUT2D eigenvalue weighted by molar-refractivity contribution is -0.142. The molecule has 2 aromatic carbocycles. The number of carbonyl (C=O) groups excluding carboxylic acids is 2. The molecule has 0 fully saturated rings. The summed E-state index contributed by atoms with van der Waals surface area (Å²) < 4.78 is 32.1. The molecular formula is C28H34O5S. The van der Waals surface area contributed by atoms with Crippen molar-refractivity contribution < 1.29 is 22.7 Å². The molecule has 0 aliphatic carbocycles. The molecule has 1 aliphatic heterocycles. The number of Topliss-reactive ketones (excluding diaryl/α,β-unsaturated/α-hetero) is 1. The van der Waals surface area contributed by atoms with E-state index < -0.39 is 22.4 Å². The van der Waals surface area contributed by atoms with Crippen molar-refractivity contribution in [3.8, 4) is 0 Å². The lowest BCUT2D eigenvalue weighted by atomic mass is 9.96. The van der Waals surface area contributed by atoms with Crippen molar-refractivity contribution >= 4 is 27.2 Å². The summed E-state index contributed by atoms with van der Waals surface area (Å²) in [6.07, 6.45) is 10.5. The Labute approximate surface area is 203 Å². The predicted octanol–water partition coefficient (Wildman–Crippen LogP) is 6.53. The van der Waals surface area contributed by atoms with Crippen LogP contribution in [0, 0.1) is 0 Å². The van der Waals surface area contributed by atoms with E-state index >= 15 is 0 Å². The lowest BCUT2D eigenvalue weighted by Gasteiger charge is -2.22. The van der Waals surface area contributed by atoms with E-state index in [-0.39, 0.29) is 33.1 Å². The second kappa shape index (κ2) is 12.7. The van der Waals surface area contributed by atoms with Gasteiger partial charge in [-0.15, -0.1) is 0 Å². The van der Waals surface area contributed by atoms with Crippen LogP contribution in [-0.2, 0) is 19.4 Å². The van der Waals surface area contributed by atoms with Crippen LogP contribution in [0.2, 0.25) is 0 Å². The van der Waals surface area contributed by atoms with E-state index in [4.69, 9.17) is 4.74 Å². The Bertz CT molecular complexity index is 1120. The van der Waals surface area contributed by atoms with Gasteiger partial charge in [-0.05, 0) is 24.1 Å². The van der Waals surface area contributed by atoms with Crippen LogP contribution in [0.5, 0.6) is 0 Å². The van der Waals surface area contributed by atoms with E-state index in [1.807, 2.05) is 0 Å². The number of rotatable bonds is 13. The van der Waals surface area contributed by atoms with Crippen molar-refractivity contribution in [1.82, 2.24) is 0 Å². The Morgan fingerprint density at radius 3 is 2.06 bits per heavy atom. The average molecular weight is 483 g/mol. The van der Waals surface area contributed by atoms with E-state index in [0.717, 1.165) is 12.8 Å². The number of esters is 1. The minimum Gasteiger partial charge on any atom is -0.460 e. The van der Waals surface area contributed by atoms with Crippen LogP contribution in [0.15, 0.2) is 64.4 Å². The molecule has 6 heteroatoms. The topological polar surface area (TPSA) is 77.5 Å². The van der Waals surface area contributed by atoms with Crippen molar-refractivity contribution in [3.05, 3.63) is 70.6 Å².